The SMILES string of the molecule is CCCOc1ccc(C(F)(F)F)cc1NC(=O)c1ccc(OC)c(OC(F)F)c1. The molecule has 2 aromatic carbocycles. The fourth-order valence-electron chi connectivity index (χ4n) is 2.34. The smallest absolute Gasteiger partial charge is 0.416 e. The van der Waals surface area contributed by atoms with Gasteiger partial charge in [0.1, 0.15) is 5.75 Å². The normalized spacial score (nSPS) is 11.3. The molecule has 0 fully saturated rings. The third-order valence-electron chi connectivity index (χ3n) is 3.66. The molecule has 0 unspecified atom stereocenters. The highest BCUT2D eigenvalue weighted by Gasteiger charge is 2.31. The highest BCUT2D eigenvalue weighted by molar-refractivity contribution is 6.05. The van der Waals surface area contributed by atoms with Gasteiger partial charge in [-0.25, -0.2) is 0 Å². The minimum absolute atomic E-state index is 0.0344. The summed E-state index contributed by atoms with van der Waals surface area (Å²) in [6.45, 7) is -1.12. The summed E-state index contributed by atoms with van der Waals surface area (Å²) in [6, 6.07) is 6.17. The molecule has 0 aliphatic heterocycles. The van der Waals surface area contributed by atoms with E-state index in [2.05, 4.69) is 10.1 Å². The molecule has 158 valence electrons. The Morgan fingerprint density at radius 3 is 2.34 bits per heavy atom. The number of carbonyl (C=O) groups excluding carboxylic acids is 1. The lowest BCUT2D eigenvalue weighted by Crippen LogP contribution is -2.15. The third kappa shape index (κ3) is 5.97. The topological polar surface area (TPSA) is 56.8 Å². The number of methoxy groups -OCH3 is 1. The maximum Gasteiger partial charge on any atom is 0.416 e. The fourth-order valence-corrected chi connectivity index (χ4v) is 2.34. The first-order valence-corrected chi connectivity index (χ1v) is 8.44. The summed E-state index contributed by atoms with van der Waals surface area (Å²) >= 11 is 0. The second-order valence-electron chi connectivity index (χ2n) is 5.76. The van der Waals surface area contributed by atoms with Crippen LogP contribution in [0.5, 0.6) is 17.2 Å². The Bertz CT molecular complexity index is 855. The van der Waals surface area contributed by atoms with E-state index in [0.29, 0.717) is 6.42 Å². The van der Waals surface area contributed by atoms with Gasteiger partial charge in [-0.15, -0.1) is 0 Å². The molecule has 2 aromatic rings. The van der Waals surface area contributed by atoms with Gasteiger partial charge in [0.05, 0.1) is 25.0 Å². The van der Waals surface area contributed by atoms with Crippen molar-refractivity contribution in [1.29, 1.82) is 0 Å². The van der Waals surface area contributed by atoms with Crippen LogP contribution < -0.4 is 19.5 Å². The van der Waals surface area contributed by atoms with Crippen LogP contribution >= 0.6 is 0 Å². The number of alkyl halides is 5. The molecule has 0 bridgehead atoms. The van der Waals surface area contributed by atoms with Crippen LogP contribution in [0.2, 0.25) is 0 Å². The van der Waals surface area contributed by atoms with E-state index in [1.165, 1.54) is 19.2 Å². The zero-order valence-corrected chi connectivity index (χ0v) is 15.5. The molecule has 0 saturated carbocycles. The molecule has 0 aliphatic rings. The number of anilines is 1. The molecule has 0 aliphatic carbocycles. The molecular weight excluding hydrogens is 401 g/mol. The number of amides is 1. The Morgan fingerprint density at radius 1 is 1.07 bits per heavy atom. The van der Waals surface area contributed by atoms with Crippen molar-refractivity contribution >= 4 is 11.6 Å². The lowest BCUT2D eigenvalue weighted by atomic mass is 10.1. The van der Waals surface area contributed by atoms with Gasteiger partial charge in [-0.3, -0.25) is 4.79 Å². The summed E-state index contributed by atoms with van der Waals surface area (Å²) in [6.07, 6.45) is -4.03. The Kier molecular flexibility index (Phi) is 7.24. The van der Waals surface area contributed by atoms with Crippen LogP contribution in [0, 0.1) is 0 Å². The average Bonchev–Trinajstić information content (AvgIpc) is 2.65. The number of carbonyl (C=O) groups is 1. The number of hydrogen-bond donors (Lipinski definition) is 1. The number of nitrogens with one attached hydrogen (secondary N) is 1. The van der Waals surface area contributed by atoms with Gasteiger partial charge in [-0.05, 0) is 42.8 Å². The van der Waals surface area contributed by atoms with Crippen LogP contribution in [0.15, 0.2) is 36.4 Å². The van der Waals surface area contributed by atoms with Gasteiger partial charge in [-0.2, -0.15) is 22.0 Å². The van der Waals surface area contributed by atoms with Crippen molar-refractivity contribution in [3.8, 4) is 17.2 Å². The number of hydrogen-bond acceptors (Lipinski definition) is 4. The van der Waals surface area contributed by atoms with Crippen LogP contribution in [-0.2, 0) is 6.18 Å². The van der Waals surface area contributed by atoms with Gasteiger partial charge in [-0.1, -0.05) is 6.92 Å². The Balaban J connectivity index is 2.35. The zero-order valence-electron chi connectivity index (χ0n) is 15.5. The largest absolute Gasteiger partial charge is 0.493 e. The van der Waals surface area contributed by atoms with Crippen LogP contribution in [0.3, 0.4) is 0 Å². The van der Waals surface area contributed by atoms with Crippen molar-refractivity contribution in [2.75, 3.05) is 19.0 Å². The highest BCUT2D eigenvalue weighted by atomic mass is 19.4. The molecule has 5 nitrogen and oxygen atoms in total. The molecule has 1 N–H and O–H groups in total. The fraction of sp³-hybridized carbons (Fsp3) is 0.316. The number of ether oxygens (including phenoxy) is 3. The summed E-state index contributed by atoms with van der Waals surface area (Å²) in [5.74, 6) is -1.22. The van der Waals surface area contributed by atoms with Crippen LogP contribution in [-0.4, -0.2) is 26.2 Å². The lowest BCUT2D eigenvalue weighted by molar-refractivity contribution is -0.137. The molecule has 29 heavy (non-hydrogen) atoms. The van der Waals surface area contributed by atoms with Crippen LogP contribution in [0.1, 0.15) is 29.3 Å². The quantitative estimate of drug-likeness (QED) is 0.586. The lowest BCUT2D eigenvalue weighted by Gasteiger charge is -2.16. The first kappa shape index (κ1) is 22.3. The van der Waals surface area contributed by atoms with Crippen molar-refractivity contribution in [2.45, 2.75) is 26.1 Å². The van der Waals surface area contributed by atoms with E-state index in [9.17, 15) is 26.7 Å². The Morgan fingerprint density at radius 2 is 1.76 bits per heavy atom. The summed E-state index contributed by atoms with van der Waals surface area (Å²) in [7, 11) is 1.23. The van der Waals surface area contributed by atoms with E-state index in [-0.39, 0.29) is 35.1 Å². The molecule has 0 atom stereocenters. The van der Waals surface area contributed by atoms with Crippen molar-refractivity contribution < 1.29 is 41.0 Å². The molecule has 0 saturated heterocycles. The first-order valence-electron chi connectivity index (χ1n) is 8.44. The van der Waals surface area contributed by atoms with Gasteiger partial charge in [0.15, 0.2) is 11.5 Å². The van der Waals surface area contributed by atoms with Crippen molar-refractivity contribution in [1.82, 2.24) is 0 Å². The number of halogens is 5. The summed E-state index contributed by atoms with van der Waals surface area (Å²) in [5, 5.41) is 2.32. The number of benzene rings is 2. The van der Waals surface area contributed by atoms with Gasteiger partial charge in [0.2, 0.25) is 0 Å². The van der Waals surface area contributed by atoms with Gasteiger partial charge >= 0.3 is 12.8 Å². The van der Waals surface area contributed by atoms with Gasteiger partial charge < -0.3 is 19.5 Å². The van der Waals surface area contributed by atoms with E-state index < -0.39 is 24.3 Å². The second kappa shape index (κ2) is 9.44. The summed E-state index contributed by atoms with van der Waals surface area (Å²) < 4.78 is 78.7. The standard InChI is InChI=1S/C19H18F5NO4/c1-3-8-28-14-7-5-12(19(22,23)24)10-13(14)25-17(26)11-4-6-15(27-2)16(9-11)29-18(20)21/h4-7,9-10,18H,3,8H2,1-2H3,(H,25,26). The molecular formula is C19H18F5NO4. The first-order chi connectivity index (χ1) is 13.7. The van der Waals surface area contributed by atoms with Crippen LogP contribution in [0.25, 0.3) is 0 Å². The molecule has 1 amide bonds. The van der Waals surface area contributed by atoms with Gasteiger partial charge in [0.25, 0.3) is 5.91 Å². The molecule has 0 heterocycles. The van der Waals surface area contributed by atoms with Crippen molar-refractivity contribution in [3.63, 3.8) is 0 Å². The molecule has 0 radical (unpaired) electrons. The van der Waals surface area contributed by atoms with Gasteiger partial charge in [0, 0.05) is 5.56 Å². The summed E-state index contributed by atoms with van der Waals surface area (Å²) in [4.78, 5) is 12.5. The average molecular weight is 419 g/mol. The van der Waals surface area contributed by atoms with E-state index in [0.717, 1.165) is 24.3 Å². The minimum Gasteiger partial charge on any atom is -0.493 e. The highest BCUT2D eigenvalue weighted by Crippen LogP contribution is 2.36. The molecule has 0 aromatic heterocycles. The summed E-state index contributed by atoms with van der Waals surface area (Å²) in [5.41, 5.74) is -1.31. The minimum atomic E-state index is -4.62. The Labute approximate surface area is 163 Å². The monoisotopic (exact) mass is 419 g/mol. The predicted octanol–water partition coefficient (Wildman–Crippen LogP) is 5.36. The maximum atomic E-state index is 13.0. The van der Waals surface area contributed by atoms with Crippen molar-refractivity contribution in [2.24, 2.45) is 0 Å². The van der Waals surface area contributed by atoms with E-state index in [1.807, 2.05) is 6.92 Å². The Hall–Kier alpha value is -3.04. The van der Waals surface area contributed by atoms with E-state index >= 15 is 0 Å². The van der Waals surface area contributed by atoms with Crippen LogP contribution in [0.4, 0.5) is 27.6 Å². The van der Waals surface area contributed by atoms with Crippen molar-refractivity contribution in [3.05, 3.63) is 47.5 Å². The second-order valence-corrected chi connectivity index (χ2v) is 5.76. The predicted molar refractivity (Wildman–Crippen MR) is 94.8 cm³/mol. The number of rotatable bonds is 8. The van der Waals surface area contributed by atoms with E-state index in [4.69, 9.17) is 9.47 Å². The zero-order chi connectivity index (χ0) is 21.6. The molecule has 0 spiro atoms. The maximum absolute atomic E-state index is 13.0. The third-order valence-corrected chi connectivity index (χ3v) is 3.66. The molecule has 2 rings (SSSR count). The van der Waals surface area contributed by atoms with E-state index in [1.54, 1.807) is 0 Å². The molecule has 10 heteroatoms.